The van der Waals surface area contributed by atoms with E-state index in [1.807, 2.05) is 4.68 Å². The summed E-state index contributed by atoms with van der Waals surface area (Å²) in [7, 11) is 0. The molecule has 0 bridgehead atoms. The van der Waals surface area contributed by atoms with E-state index in [1.54, 1.807) is 6.33 Å². The topological polar surface area (TPSA) is 50.9 Å². The van der Waals surface area contributed by atoms with Gasteiger partial charge < -0.3 is 5.11 Å². The quantitative estimate of drug-likeness (QED) is 0.910. The molecule has 4 heteroatoms. The Hall–Kier alpha value is -0.900. The first-order valence-corrected chi connectivity index (χ1v) is 7.49. The van der Waals surface area contributed by atoms with Crippen LogP contribution in [-0.2, 0) is 13.0 Å². The minimum atomic E-state index is -0.590. The summed E-state index contributed by atoms with van der Waals surface area (Å²) in [6, 6.07) is 0. The van der Waals surface area contributed by atoms with Gasteiger partial charge in [0.15, 0.2) is 0 Å². The number of rotatable bonds is 4. The van der Waals surface area contributed by atoms with Crippen LogP contribution in [0.2, 0.25) is 0 Å². The summed E-state index contributed by atoms with van der Waals surface area (Å²) >= 11 is 0. The predicted molar refractivity (Wildman–Crippen MR) is 75.7 cm³/mol. The van der Waals surface area contributed by atoms with Gasteiger partial charge in [0.25, 0.3) is 0 Å². The van der Waals surface area contributed by atoms with Crippen LogP contribution in [0, 0.1) is 17.8 Å². The molecule has 3 unspecified atom stereocenters. The first-order chi connectivity index (χ1) is 8.89. The lowest BCUT2D eigenvalue weighted by atomic mass is 9.72. The molecule has 108 valence electrons. The number of hydrogen-bond donors (Lipinski definition) is 1. The fourth-order valence-electron chi connectivity index (χ4n) is 3.06. The minimum absolute atomic E-state index is 0.542. The first kappa shape index (κ1) is 14.5. The molecule has 1 aliphatic carbocycles. The van der Waals surface area contributed by atoms with Crippen molar-refractivity contribution < 1.29 is 5.11 Å². The zero-order valence-electron chi connectivity index (χ0n) is 12.6. The van der Waals surface area contributed by atoms with E-state index in [9.17, 15) is 5.11 Å². The third-order valence-electron chi connectivity index (χ3n) is 4.46. The van der Waals surface area contributed by atoms with Crippen LogP contribution in [-0.4, -0.2) is 25.5 Å². The molecular weight excluding hydrogens is 238 g/mol. The van der Waals surface area contributed by atoms with Gasteiger partial charge in [0.1, 0.15) is 12.2 Å². The number of hydrogen-bond acceptors (Lipinski definition) is 3. The lowest BCUT2D eigenvalue weighted by Gasteiger charge is -2.38. The highest BCUT2D eigenvalue weighted by atomic mass is 16.3. The molecule has 19 heavy (non-hydrogen) atoms. The van der Waals surface area contributed by atoms with Crippen LogP contribution in [0.5, 0.6) is 0 Å². The predicted octanol–water partition coefficient (Wildman–Crippen LogP) is 2.66. The third-order valence-corrected chi connectivity index (χ3v) is 4.46. The van der Waals surface area contributed by atoms with Gasteiger partial charge in [-0.05, 0) is 37.0 Å². The molecule has 0 spiro atoms. The molecule has 1 fully saturated rings. The van der Waals surface area contributed by atoms with Crippen molar-refractivity contribution in [2.45, 2.75) is 65.5 Å². The van der Waals surface area contributed by atoms with Crippen LogP contribution in [0.25, 0.3) is 0 Å². The molecule has 1 N–H and O–H groups in total. The van der Waals surface area contributed by atoms with Gasteiger partial charge in [0, 0.05) is 13.0 Å². The Kier molecular flexibility index (Phi) is 4.29. The normalized spacial score (nSPS) is 31.9. The highest BCUT2D eigenvalue weighted by Crippen LogP contribution is 2.37. The molecule has 2 rings (SSSR count). The van der Waals surface area contributed by atoms with Crippen LogP contribution >= 0.6 is 0 Å². The summed E-state index contributed by atoms with van der Waals surface area (Å²) in [4.78, 5) is 4.34. The molecule has 0 aromatic carbocycles. The van der Waals surface area contributed by atoms with Crippen molar-refractivity contribution >= 4 is 0 Å². The van der Waals surface area contributed by atoms with E-state index in [0.29, 0.717) is 24.2 Å². The average molecular weight is 265 g/mol. The third kappa shape index (κ3) is 3.56. The molecule has 1 aliphatic rings. The maximum atomic E-state index is 10.8. The van der Waals surface area contributed by atoms with Crippen LogP contribution in [0.3, 0.4) is 0 Å². The monoisotopic (exact) mass is 265 g/mol. The van der Waals surface area contributed by atoms with Gasteiger partial charge in [0.05, 0.1) is 5.60 Å². The molecule has 1 aromatic rings. The molecular formula is C15H27N3O. The molecule has 1 saturated carbocycles. The number of nitrogens with zero attached hydrogens (tertiary/aromatic N) is 3. The van der Waals surface area contributed by atoms with E-state index in [1.165, 1.54) is 0 Å². The van der Waals surface area contributed by atoms with Crippen molar-refractivity contribution in [1.29, 1.82) is 0 Å². The summed E-state index contributed by atoms with van der Waals surface area (Å²) in [5, 5.41) is 15.1. The maximum absolute atomic E-state index is 10.8. The SMILES string of the molecule is CC(C)Cn1ncnc1CC1(O)CCC(C)C(C)C1. The molecule has 4 nitrogen and oxygen atoms in total. The highest BCUT2D eigenvalue weighted by molar-refractivity contribution is 4.98. The molecule has 0 saturated heterocycles. The van der Waals surface area contributed by atoms with E-state index < -0.39 is 5.60 Å². The minimum Gasteiger partial charge on any atom is -0.389 e. The fourth-order valence-corrected chi connectivity index (χ4v) is 3.06. The summed E-state index contributed by atoms with van der Waals surface area (Å²) in [6.45, 7) is 9.74. The second-order valence-electron chi connectivity index (χ2n) is 6.85. The van der Waals surface area contributed by atoms with Crippen molar-refractivity contribution in [1.82, 2.24) is 14.8 Å². The molecule has 0 radical (unpaired) electrons. The van der Waals surface area contributed by atoms with Crippen LogP contribution in [0.1, 0.15) is 52.8 Å². The van der Waals surface area contributed by atoms with Gasteiger partial charge in [-0.2, -0.15) is 5.10 Å². The summed E-state index contributed by atoms with van der Waals surface area (Å²) < 4.78 is 1.95. The largest absolute Gasteiger partial charge is 0.389 e. The van der Waals surface area contributed by atoms with Crippen molar-refractivity contribution in [3.8, 4) is 0 Å². The zero-order chi connectivity index (χ0) is 14.0. The fraction of sp³-hybridized carbons (Fsp3) is 0.867. The summed E-state index contributed by atoms with van der Waals surface area (Å²) in [5.41, 5.74) is -0.590. The molecule has 0 aliphatic heterocycles. The lowest BCUT2D eigenvalue weighted by molar-refractivity contribution is -0.0301. The van der Waals surface area contributed by atoms with Gasteiger partial charge in [0.2, 0.25) is 0 Å². The zero-order valence-corrected chi connectivity index (χ0v) is 12.6. The first-order valence-electron chi connectivity index (χ1n) is 7.49. The van der Waals surface area contributed by atoms with E-state index in [4.69, 9.17) is 0 Å². The molecule has 0 amide bonds. The summed E-state index contributed by atoms with van der Waals surface area (Å²) in [5.74, 6) is 2.77. The second-order valence-corrected chi connectivity index (χ2v) is 6.85. The Morgan fingerprint density at radius 3 is 2.79 bits per heavy atom. The molecule has 3 atom stereocenters. The summed E-state index contributed by atoms with van der Waals surface area (Å²) in [6.07, 6.45) is 5.11. The van der Waals surface area contributed by atoms with Crippen LogP contribution in [0.15, 0.2) is 6.33 Å². The van der Waals surface area contributed by atoms with Gasteiger partial charge in [-0.25, -0.2) is 9.67 Å². The Balaban J connectivity index is 2.06. The van der Waals surface area contributed by atoms with Gasteiger partial charge >= 0.3 is 0 Å². The smallest absolute Gasteiger partial charge is 0.138 e. The van der Waals surface area contributed by atoms with Gasteiger partial charge in [-0.1, -0.05) is 27.7 Å². The number of aliphatic hydroxyl groups is 1. The lowest BCUT2D eigenvalue weighted by Crippen LogP contribution is -2.40. The van der Waals surface area contributed by atoms with Crippen molar-refractivity contribution in [2.24, 2.45) is 17.8 Å². The molecule has 1 heterocycles. The maximum Gasteiger partial charge on any atom is 0.138 e. The van der Waals surface area contributed by atoms with Crippen LogP contribution < -0.4 is 0 Å². The van der Waals surface area contributed by atoms with E-state index in [0.717, 1.165) is 31.6 Å². The van der Waals surface area contributed by atoms with Gasteiger partial charge in [-0.15, -0.1) is 0 Å². The average Bonchev–Trinajstić information content (AvgIpc) is 2.71. The van der Waals surface area contributed by atoms with Gasteiger partial charge in [-0.3, -0.25) is 0 Å². The Labute approximate surface area is 116 Å². The van der Waals surface area contributed by atoms with Crippen LogP contribution in [0.4, 0.5) is 0 Å². The standard InChI is InChI=1S/C15H27N3O/c1-11(2)9-18-14(16-10-17-18)8-15(19)6-5-12(3)13(4)7-15/h10-13,19H,5-9H2,1-4H3. The van der Waals surface area contributed by atoms with Crippen molar-refractivity contribution in [3.05, 3.63) is 12.2 Å². The van der Waals surface area contributed by atoms with E-state index in [-0.39, 0.29) is 0 Å². The van der Waals surface area contributed by atoms with Crippen molar-refractivity contribution in [2.75, 3.05) is 0 Å². The van der Waals surface area contributed by atoms with E-state index >= 15 is 0 Å². The number of aromatic nitrogens is 3. The highest BCUT2D eigenvalue weighted by Gasteiger charge is 2.37. The Morgan fingerprint density at radius 2 is 2.16 bits per heavy atom. The van der Waals surface area contributed by atoms with E-state index in [2.05, 4.69) is 37.8 Å². The molecule has 1 aromatic heterocycles. The van der Waals surface area contributed by atoms with Crippen molar-refractivity contribution in [3.63, 3.8) is 0 Å². The Bertz CT molecular complexity index is 415. The Morgan fingerprint density at radius 1 is 1.42 bits per heavy atom. The second kappa shape index (κ2) is 5.61.